The van der Waals surface area contributed by atoms with Gasteiger partial charge in [-0.3, -0.25) is 4.79 Å². The number of hydrogen-bond acceptors (Lipinski definition) is 2. The van der Waals surface area contributed by atoms with Crippen molar-refractivity contribution in [1.29, 1.82) is 0 Å². The number of hydrogen-bond donors (Lipinski definition) is 2. The number of aliphatic carboxylic acids is 1. The van der Waals surface area contributed by atoms with Gasteiger partial charge in [0.15, 0.2) is 0 Å². The number of carbonyl (C=O) groups is 1. The van der Waals surface area contributed by atoms with E-state index in [9.17, 15) is 4.79 Å². The monoisotopic (exact) mass is 311 g/mol. The fraction of sp³-hybridized carbons (Fsp3) is 0.941. The van der Waals surface area contributed by atoms with Crippen LogP contribution >= 0.6 is 0 Å². The summed E-state index contributed by atoms with van der Waals surface area (Å²) >= 11 is 0. The Balaban J connectivity index is -0.00000162. The van der Waals surface area contributed by atoms with E-state index in [4.69, 9.17) is 5.11 Å². The molecule has 3 nitrogen and oxygen atoms in total. The average Bonchev–Trinajstić information content (AvgIpc) is 2.39. The van der Waals surface area contributed by atoms with Crippen LogP contribution in [0.2, 0.25) is 0 Å². The predicted molar refractivity (Wildman–Crippen MR) is 94.7 cm³/mol. The minimum atomic E-state index is -0.654. The Bertz CT molecular complexity index is 201. The molecule has 0 fully saturated rings. The number of carboxylic acids is 1. The van der Waals surface area contributed by atoms with Gasteiger partial charge >= 0.3 is 35.5 Å². The van der Waals surface area contributed by atoms with Gasteiger partial charge < -0.3 is 11.3 Å². The zero-order chi connectivity index (χ0) is 14.2. The topological polar surface area (TPSA) is 72.3 Å². The fourth-order valence-electron chi connectivity index (χ4n) is 2.47. The molecule has 0 bridgehead atoms. The van der Waals surface area contributed by atoms with Gasteiger partial charge in [0.05, 0.1) is 0 Å². The molecule has 0 aromatic carbocycles. The van der Waals surface area contributed by atoms with Crippen molar-refractivity contribution in [2.45, 2.75) is 103 Å². The zero-order valence-corrected chi connectivity index (χ0v) is 13.7. The molecule has 21 heavy (non-hydrogen) atoms. The van der Waals surface area contributed by atoms with Crippen LogP contribution < -0.4 is 6.15 Å². The maximum atomic E-state index is 10.3. The van der Waals surface area contributed by atoms with Gasteiger partial charge in [-0.25, -0.2) is 0 Å². The van der Waals surface area contributed by atoms with Crippen LogP contribution in [-0.2, 0) is 4.79 Å². The van der Waals surface area contributed by atoms with Crippen molar-refractivity contribution in [3.8, 4) is 0 Å². The van der Waals surface area contributed by atoms with Crippen LogP contribution in [0.25, 0.3) is 0 Å². The van der Waals surface area contributed by atoms with E-state index in [1.165, 1.54) is 77.0 Å². The van der Waals surface area contributed by atoms with Crippen LogP contribution in [0, 0.1) is 0 Å². The molecule has 4 N–H and O–H groups in total. The third-order valence-electron chi connectivity index (χ3n) is 3.74. The first-order valence-corrected chi connectivity index (χ1v) is 8.49. The van der Waals surface area contributed by atoms with Crippen LogP contribution in [0.1, 0.15) is 103 Å². The summed E-state index contributed by atoms with van der Waals surface area (Å²) in [5, 5.41) is 8.50. The summed E-state index contributed by atoms with van der Waals surface area (Å²) in [5.41, 5.74) is 0. The van der Waals surface area contributed by atoms with Gasteiger partial charge in [0.25, 0.3) is 0 Å². The molecule has 0 unspecified atom stereocenters. The minimum absolute atomic E-state index is 0. The molecule has 0 aliphatic carbocycles. The van der Waals surface area contributed by atoms with Crippen LogP contribution in [0.3, 0.4) is 0 Å². The summed E-state index contributed by atoms with van der Waals surface area (Å²) in [6.45, 7) is 2.27. The molecule has 0 aromatic rings. The third kappa shape index (κ3) is 25.7. The molecule has 0 rings (SSSR count). The standard InChI is InChI=1S/C17H34O2.H3N.Na.H/c1-2-3-4-5-6-7-8-9-10-11-12-13-14-15-16-17(18)19;;;/h2-16H2,1H3,(H,18,19);1H3;;. The van der Waals surface area contributed by atoms with Crippen LogP contribution in [0.15, 0.2) is 0 Å². The van der Waals surface area contributed by atoms with E-state index in [0.717, 1.165) is 12.8 Å². The second-order valence-electron chi connectivity index (χ2n) is 5.74. The number of carboxylic acid groups (broad SMARTS) is 1. The average molecular weight is 311 g/mol. The number of unbranched alkanes of at least 4 members (excludes halogenated alkanes) is 13. The Hall–Kier alpha value is 0.430. The molecular weight excluding hydrogens is 273 g/mol. The summed E-state index contributed by atoms with van der Waals surface area (Å²) in [5.74, 6) is -0.654. The van der Waals surface area contributed by atoms with E-state index in [1.54, 1.807) is 0 Å². The Labute approximate surface area is 154 Å². The Morgan fingerprint density at radius 1 is 0.667 bits per heavy atom. The Morgan fingerprint density at radius 2 is 0.952 bits per heavy atom. The first-order chi connectivity index (χ1) is 9.27. The maximum absolute atomic E-state index is 10.3. The summed E-state index contributed by atoms with van der Waals surface area (Å²) in [6, 6.07) is 0. The second-order valence-corrected chi connectivity index (χ2v) is 5.74. The van der Waals surface area contributed by atoms with E-state index >= 15 is 0 Å². The van der Waals surface area contributed by atoms with E-state index < -0.39 is 5.97 Å². The van der Waals surface area contributed by atoms with E-state index in [2.05, 4.69) is 6.92 Å². The van der Waals surface area contributed by atoms with E-state index in [0.29, 0.717) is 6.42 Å². The van der Waals surface area contributed by atoms with Gasteiger partial charge in [0, 0.05) is 6.42 Å². The molecule has 124 valence electrons. The summed E-state index contributed by atoms with van der Waals surface area (Å²) in [7, 11) is 0. The van der Waals surface area contributed by atoms with Crippen molar-refractivity contribution in [3.63, 3.8) is 0 Å². The quantitative estimate of drug-likeness (QED) is 0.312. The van der Waals surface area contributed by atoms with Gasteiger partial charge in [0.1, 0.15) is 0 Å². The molecule has 0 aliphatic rings. The third-order valence-corrected chi connectivity index (χ3v) is 3.74. The van der Waals surface area contributed by atoms with Crippen molar-refractivity contribution < 1.29 is 9.90 Å². The van der Waals surface area contributed by atoms with Gasteiger partial charge in [-0.2, -0.15) is 0 Å². The van der Waals surface area contributed by atoms with Gasteiger partial charge in [0.2, 0.25) is 0 Å². The molecule has 0 saturated carbocycles. The Morgan fingerprint density at radius 3 is 1.24 bits per heavy atom. The van der Waals surface area contributed by atoms with Crippen LogP contribution in [0.4, 0.5) is 0 Å². The zero-order valence-electron chi connectivity index (χ0n) is 13.7. The molecule has 0 saturated heterocycles. The van der Waals surface area contributed by atoms with Crippen molar-refractivity contribution in [1.82, 2.24) is 6.15 Å². The second kappa shape index (κ2) is 22.7. The summed E-state index contributed by atoms with van der Waals surface area (Å²) in [6.07, 6.45) is 18.7. The molecule has 0 atom stereocenters. The SMILES string of the molecule is CCCCCCCCCCCCCCCCC(=O)O.N.[NaH]. The molecule has 0 amide bonds. The van der Waals surface area contributed by atoms with Gasteiger partial charge in [-0.15, -0.1) is 0 Å². The predicted octanol–water partition coefficient (Wildman–Crippen LogP) is 5.46. The van der Waals surface area contributed by atoms with Crippen molar-refractivity contribution in [2.24, 2.45) is 0 Å². The van der Waals surface area contributed by atoms with Crippen LogP contribution in [0.5, 0.6) is 0 Å². The molecule has 4 heteroatoms. The van der Waals surface area contributed by atoms with Crippen LogP contribution in [-0.4, -0.2) is 40.6 Å². The van der Waals surface area contributed by atoms with Crippen molar-refractivity contribution >= 4 is 35.5 Å². The molecular formula is C17H38NNaO2. The molecule has 0 heterocycles. The van der Waals surface area contributed by atoms with Gasteiger partial charge in [-0.05, 0) is 6.42 Å². The summed E-state index contributed by atoms with van der Waals surface area (Å²) in [4.78, 5) is 10.3. The van der Waals surface area contributed by atoms with Crippen molar-refractivity contribution in [2.75, 3.05) is 0 Å². The number of rotatable bonds is 15. The molecule has 0 aliphatic heterocycles. The van der Waals surface area contributed by atoms with Gasteiger partial charge in [-0.1, -0.05) is 90.4 Å². The first kappa shape index (κ1) is 26.3. The van der Waals surface area contributed by atoms with Crippen molar-refractivity contribution in [3.05, 3.63) is 0 Å². The molecule has 0 radical (unpaired) electrons. The fourth-order valence-corrected chi connectivity index (χ4v) is 2.47. The normalized spacial score (nSPS) is 9.76. The summed E-state index contributed by atoms with van der Waals surface area (Å²) < 4.78 is 0. The van der Waals surface area contributed by atoms with E-state index in [1.807, 2.05) is 0 Å². The van der Waals surface area contributed by atoms with E-state index in [-0.39, 0.29) is 35.7 Å². The first-order valence-electron chi connectivity index (χ1n) is 8.49. The Kier molecular flexibility index (Phi) is 28.5. The molecule has 0 aromatic heterocycles. The molecule has 0 spiro atoms.